The van der Waals surface area contributed by atoms with E-state index in [0.717, 1.165) is 78.4 Å². The minimum Gasteiger partial charge on any atom is -0.479 e. The molecule has 3 aromatic heterocycles. The number of fused-ring (bicyclic) bond motifs is 6. The normalized spacial score (nSPS) is 17.9. The molecule has 45 heavy (non-hydrogen) atoms. The molecule has 4 aromatic rings. The van der Waals surface area contributed by atoms with Gasteiger partial charge in [0, 0.05) is 42.3 Å². The highest BCUT2D eigenvalue weighted by molar-refractivity contribution is 7.15. The van der Waals surface area contributed by atoms with Crippen LogP contribution >= 0.6 is 11.3 Å². The molecular weight excluding hydrogens is 589 g/mol. The third kappa shape index (κ3) is 6.82. The highest BCUT2D eigenvalue weighted by Gasteiger charge is 2.37. The van der Waals surface area contributed by atoms with Crippen LogP contribution < -0.4 is 4.90 Å². The number of aromatic nitrogens is 4. The number of carbonyl (C=O) groups is 1. The van der Waals surface area contributed by atoms with E-state index >= 15 is 0 Å². The maximum Gasteiger partial charge on any atom is 0.337 e. The average molecular weight is 632 g/mol. The van der Waals surface area contributed by atoms with Crippen molar-refractivity contribution in [2.45, 2.75) is 91.3 Å². The molecule has 8 nitrogen and oxygen atoms in total. The number of hydrogen-bond donors (Lipinski definition) is 1. The summed E-state index contributed by atoms with van der Waals surface area (Å²) >= 11 is 1.53. The average Bonchev–Trinajstić information content (AvgIpc) is 3.61. The van der Waals surface area contributed by atoms with E-state index in [1.807, 2.05) is 46.0 Å². The van der Waals surface area contributed by atoms with Crippen molar-refractivity contribution in [3.8, 4) is 10.7 Å². The first kappa shape index (κ1) is 31.4. The van der Waals surface area contributed by atoms with E-state index in [0.29, 0.717) is 29.0 Å². The minimum absolute atomic E-state index is 0.174. The second kappa shape index (κ2) is 12.3. The maximum absolute atomic E-state index is 14.3. The molecule has 0 spiro atoms. The summed E-state index contributed by atoms with van der Waals surface area (Å²) in [6.45, 7) is 11.4. The van der Waals surface area contributed by atoms with Gasteiger partial charge in [0.2, 0.25) is 0 Å². The molecule has 1 atom stereocenters. The van der Waals surface area contributed by atoms with Crippen molar-refractivity contribution < 1.29 is 19.0 Å². The number of benzene rings is 1. The minimum atomic E-state index is -1.21. The van der Waals surface area contributed by atoms with E-state index in [9.17, 15) is 14.3 Å². The number of nitrogens with zero attached hydrogens (tertiary/aromatic N) is 5. The van der Waals surface area contributed by atoms with E-state index in [1.165, 1.54) is 11.3 Å². The van der Waals surface area contributed by atoms with Gasteiger partial charge in [-0.05, 0) is 94.9 Å². The topological polar surface area (TPSA) is 92.8 Å². The lowest BCUT2D eigenvalue weighted by atomic mass is 9.76. The number of anilines is 1. The highest BCUT2D eigenvalue weighted by Crippen LogP contribution is 2.41. The van der Waals surface area contributed by atoms with Gasteiger partial charge in [0.15, 0.2) is 11.8 Å². The molecule has 7 rings (SSSR count). The number of ether oxygens (including phenoxy) is 1. The van der Waals surface area contributed by atoms with Crippen LogP contribution in [0.25, 0.3) is 16.3 Å². The molecule has 3 aliphatic heterocycles. The lowest BCUT2D eigenvalue weighted by Crippen LogP contribution is -2.41. The number of carboxylic acid groups (broad SMARTS) is 1. The van der Waals surface area contributed by atoms with Crippen LogP contribution in [0, 0.1) is 18.2 Å². The molecule has 0 radical (unpaired) electrons. The Morgan fingerprint density at radius 1 is 1.11 bits per heavy atom. The van der Waals surface area contributed by atoms with Crippen molar-refractivity contribution in [2.24, 2.45) is 5.41 Å². The van der Waals surface area contributed by atoms with Crippen molar-refractivity contribution in [3.05, 3.63) is 75.7 Å². The second-order valence-electron chi connectivity index (χ2n) is 13.8. The van der Waals surface area contributed by atoms with Crippen LogP contribution in [0.4, 0.5) is 10.2 Å². The van der Waals surface area contributed by atoms with E-state index in [2.05, 4.69) is 24.0 Å². The van der Waals surface area contributed by atoms with Gasteiger partial charge in [-0.2, -0.15) is 9.61 Å². The fourth-order valence-electron chi connectivity index (χ4n) is 6.53. The zero-order valence-electron chi connectivity index (χ0n) is 26.8. The summed E-state index contributed by atoms with van der Waals surface area (Å²) in [5.41, 5.74) is 4.06. The van der Waals surface area contributed by atoms with Crippen molar-refractivity contribution in [1.82, 2.24) is 19.6 Å². The Bertz CT molecular complexity index is 1750. The van der Waals surface area contributed by atoms with Crippen LogP contribution in [-0.2, 0) is 22.4 Å². The quantitative estimate of drug-likeness (QED) is 0.232. The molecule has 1 saturated heterocycles. The summed E-state index contributed by atoms with van der Waals surface area (Å²) < 4.78 is 22.3. The number of halogens is 1. The molecule has 238 valence electrons. The highest BCUT2D eigenvalue weighted by atomic mass is 32.1. The lowest BCUT2D eigenvalue weighted by molar-refractivity contribution is -0.160. The largest absolute Gasteiger partial charge is 0.479 e. The zero-order chi connectivity index (χ0) is 31.9. The Labute approximate surface area is 268 Å². The Morgan fingerprint density at radius 3 is 2.60 bits per heavy atom. The molecule has 6 bridgehead atoms. The van der Waals surface area contributed by atoms with Gasteiger partial charge in [0.1, 0.15) is 22.3 Å². The number of hydrogen-bond acceptors (Lipinski definition) is 7. The molecule has 6 heterocycles. The van der Waals surface area contributed by atoms with Gasteiger partial charge >= 0.3 is 5.97 Å². The van der Waals surface area contributed by atoms with Crippen LogP contribution in [0.1, 0.15) is 93.2 Å². The fourth-order valence-corrected chi connectivity index (χ4v) is 7.42. The van der Waals surface area contributed by atoms with E-state index in [1.54, 1.807) is 16.6 Å². The van der Waals surface area contributed by atoms with Gasteiger partial charge in [0.25, 0.3) is 0 Å². The Balaban J connectivity index is 1.49. The predicted molar refractivity (Wildman–Crippen MR) is 176 cm³/mol. The molecule has 10 heteroatoms. The molecule has 0 amide bonds. The molecule has 0 aliphatic carbocycles. The summed E-state index contributed by atoms with van der Waals surface area (Å²) in [6.07, 6.45) is 11.6. The number of aliphatic carboxylic acids is 1. The van der Waals surface area contributed by atoms with Crippen molar-refractivity contribution in [3.63, 3.8) is 0 Å². The van der Waals surface area contributed by atoms with Gasteiger partial charge in [-0.1, -0.05) is 25.1 Å². The third-order valence-electron chi connectivity index (χ3n) is 9.00. The van der Waals surface area contributed by atoms with E-state index in [-0.39, 0.29) is 11.2 Å². The third-order valence-corrected chi connectivity index (χ3v) is 10.0. The van der Waals surface area contributed by atoms with E-state index < -0.39 is 17.7 Å². The van der Waals surface area contributed by atoms with Crippen LogP contribution in [0.3, 0.4) is 0 Å². The molecule has 3 aliphatic rings. The maximum atomic E-state index is 14.3. The number of rotatable bonds is 3. The van der Waals surface area contributed by atoms with Gasteiger partial charge in [0.05, 0.1) is 11.2 Å². The second-order valence-corrected chi connectivity index (χ2v) is 14.9. The van der Waals surface area contributed by atoms with E-state index in [4.69, 9.17) is 19.8 Å². The first-order chi connectivity index (χ1) is 21.4. The number of aryl methyl sites for hydroxylation is 2. The first-order valence-electron chi connectivity index (χ1n) is 15.8. The Morgan fingerprint density at radius 2 is 1.87 bits per heavy atom. The zero-order valence-corrected chi connectivity index (χ0v) is 27.6. The molecule has 1 N–H and O–H groups in total. The van der Waals surface area contributed by atoms with Gasteiger partial charge < -0.3 is 14.7 Å². The number of carboxylic acids is 1. The standard InChI is InChI=1S/C35H42FN5O3S/c1-22-29(30(33(42)43)44-34(2,3)4)32-40-16-14-35(5,15-17-40)13-9-7-6-8-10-23-11-12-25(36)18-24(23)19-26-21-37-31(45-26)27-20-28(38-22)41(32)39-27/h6-7,11-12,18,20-21,30H,8-10,13-17,19H2,1-5H3,(H,42,43). The smallest absolute Gasteiger partial charge is 0.337 e. The van der Waals surface area contributed by atoms with Crippen molar-refractivity contribution in [2.75, 3.05) is 18.0 Å². The summed E-state index contributed by atoms with van der Waals surface area (Å²) in [6, 6.07) is 7.01. The van der Waals surface area contributed by atoms with Crippen LogP contribution in [-0.4, -0.2) is 49.3 Å². The molecule has 0 saturated carbocycles. The van der Waals surface area contributed by atoms with Gasteiger partial charge in [-0.25, -0.2) is 19.2 Å². The van der Waals surface area contributed by atoms with Gasteiger partial charge in [-0.3, -0.25) is 0 Å². The SMILES string of the molecule is Cc1nc2cc3nn2c(c1C(OC(C)(C)C)C(=O)O)N1CCC(C)(CCC=CCCc2ccc(F)cc2Cc2cnc-3s2)CC1. The fraction of sp³-hybridized carbons (Fsp3) is 0.486. The predicted octanol–water partition coefficient (Wildman–Crippen LogP) is 7.72. The van der Waals surface area contributed by atoms with Crippen LogP contribution in [0.5, 0.6) is 0 Å². The molecule has 1 unspecified atom stereocenters. The summed E-state index contributed by atoms with van der Waals surface area (Å²) in [4.78, 5) is 25.6. The van der Waals surface area contributed by atoms with Crippen LogP contribution in [0.2, 0.25) is 0 Å². The molecule has 1 aromatic carbocycles. The Hall–Kier alpha value is -3.63. The first-order valence-corrected chi connectivity index (χ1v) is 16.6. The van der Waals surface area contributed by atoms with Crippen LogP contribution in [0.15, 0.2) is 42.6 Å². The van der Waals surface area contributed by atoms with Crippen molar-refractivity contribution in [1.29, 1.82) is 0 Å². The number of allylic oxidation sites excluding steroid dienone is 2. The number of piperidine rings is 1. The van der Waals surface area contributed by atoms with Gasteiger partial charge in [-0.15, -0.1) is 11.3 Å². The molecule has 1 fully saturated rings. The lowest BCUT2D eigenvalue weighted by Gasteiger charge is -2.41. The molecular formula is C35H42FN5O3S. The van der Waals surface area contributed by atoms with Crippen molar-refractivity contribution >= 4 is 28.8 Å². The summed E-state index contributed by atoms with van der Waals surface area (Å²) in [5, 5.41) is 16.2. The monoisotopic (exact) mass is 631 g/mol. The Kier molecular flexibility index (Phi) is 8.56. The number of thiazole rings is 1. The summed E-state index contributed by atoms with van der Waals surface area (Å²) in [7, 11) is 0. The summed E-state index contributed by atoms with van der Waals surface area (Å²) in [5.74, 6) is -0.570.